The first-order valence-electron chi connectivity index (χ1n) is 20.5. The fourth-order valence-electron chi connectivity index (χ4n) is 10.0. The molecule has 0 heterocycles. The van der Waals surface area contributed by atoms with E-state index in [0.717, 1.165) is 12.8 Å². The van der Waals surface area contributed by atoms with E-state index in [1.165, 1.54) is 116 Å². The number of hydrogen-bond acceptors (Lipinski definition) is 0. The van der Waals surface area contributed by atoms with E-state index in [2.05, 4.69) is 160 Å². The van der Waals surface area contributed by atoms with Gasteiger partial charge in [0.15, 0.2) is 0 Å². The van der Waals surface area contributed by atoms with Crippen molar-refractivity contribution in [3.8, 4) is 22.3 Å². The van der Waals surface area contributed by atoms with E-state index in [1.54, 1.807) is 0 Å². The number of unbranched alkanes of at least 4 members (excludes halogenated alkanes) is 4. The predicted molar refractivity (Wildman–Crippen MR) is 239 cm³/mol. The van der Waals surface area contributed by atoms with Gasteiger partial charge in [-0.2, -0.15) is 0 Å². The van der Waals surface area contributed by atoms with Crippen molar-refractivity contribution in [1.29, 1.82) is 0 Å². The standard InChI is InChI=1S/2C24H23.C2H7Si.2ClH.Zr/c2*1-2-3-4-9-18-16-20-12-8-15-23(24(20)17-18)22-14-7-11-19-10-5-6-13-21(19)22;1-3-2;;;/h2*5-8,10-17H,2-4,9H2,1H3;3H,1-2H3;2*1H;/q;;;;;+2/p-2. The summed E-state index contributed by atoms with van der Waals surface area (Å²) >= 11 is -4.97. The number of benzene rings is 6. The summed E-state index contributed by atoms with van der Waals surface area (Å²) in [5.41, 5.74) is 13.7. The van der Waals surface area contributed by atoms with E-state index < -0.39 is 21.5 Å². The molecular formula is C50H53Cl2SiZr. The molecule has 0 bridgehead atoms. The summed E-state index contributed by atoms with van der Waals surface area (Å²) in [6.45, 7) is 9.61. The van der Waals surface area contributed by atoms with Crippen molar-refractivity contribution >= 4 is 56.6 Å². The minimum atomic E-state index is -4.97. The molecule has 6 aromatic rings. The molecule has 54 heavy (non-hydrogen) atoms. The predicted octanol–water partition coefficient (Wildman–Crippen LogP) is 16.0. The van der Waals surface area contributed by atoms with Gasteiger partial charge in [-0.05, 0) is 0 Å². The zero-order valence-electron chi connectivity index (χ0n) is 32.3. The fraction of sp³-hybridized carbons (Fsp3) is 0.280. The third-order valence-corrected chi connectivity index (χ3v) is 64.7. The summed E-state index contributed by atoms with van der Waals surface area (Å²) in [6.07, 6.45) is 14.4. The summed E-state index contributed by atoms with van der Waals surface area (Å²) in [7, 11) is 17.9. The van der Waals surface area contributed by atoms with Gasteiger partial charge in [0.2, 0.25) is 0 Å². The first-order valence-corrected chi connectivity index (χ1v) is 36.8. The Morgan fingerprint density at radius 2 is 0.870 bits per heavy atom. The molecule has 0 spiro atoms. The normalized spacial score (nSPS) is 17.4. The van der Waals surface area contributed by atoms with Gasteiger partial charge in [0.25, 0.3) is 0 Å². The van der Waals surface area contributed by atoms with E-state index in [1.807, 2.05) is 0 Å². The van der Waals surface area contributed by atoms with Crippen LogP contribution in [0.4, 0.5) is 0 Å². The summed E-state index contributed by atoms with van der Waals surface area (Å²) in [6, 6.07) is 45.1. The van der Waals surface area contributed by atoms with Crippen molar-refractivity contribution in [2.24, 2.45) is 0 Å². The molecule has 0 radical (unpaired) electrons. The molecule has 2 aliphatic rings. The molecule has 0 aromatic heterocycles. The van der Waals surface area contributed by atoms with Gasteiger partial charge in [0, 0.05) is 0 Å². The Kier molecular flexibility index (Phi) is 10.9. The average Bonchev–Trinajstić information content (AvgIpc) is 3.77. The zero-order chi connectivity index (χ0) is 37.5. The van der Waals surface area contributed by atoms with Crippen molar-refractivity contribution in [3.63, 3.8) is 0 Å². The van der Waals surface area contributed by atoms with E-state index in [0.29, 0.717) is 0 Å². The molecule has 0 aliphatic heterocycles. The third-order valence-electron chi connectivity index (χ3n) is 12.8. The molecule has 2 aliphatic carbocycles. The van der Waals surface area contributed by atoms with Crippen LogP contribution >= 0.6 is 17.0 Å². The Morgan fingerprint density at radius 1 is 0.481 bits per heavy atom. The second kappa shape index (κ2) is 15.5. The Bertz CT molecular complexity index is 2250. The molecule has 0 saturated heterocycles. The molecule has 8 rings (SSSR count). The second-order valence-corrected chi connectivity index (χ2v) is 58.8. The fourth-order valence-corrected chi connectivity index (χ4v) is 41.5. The van der Waals surface area contributed by atoms with Crippen LogP contribution in [0, 0.1) is 0 Å². The van der Waals surface area contributed by atoms with Crippen LogP contribution in [-0.4, -0.2) is 5.92 Å². The van der Waals surface area contributed by atoms with Crippen LogP contribution in [0.15, 0.2) is 132 Å². The average molecular weight is 844 g/mol. The minimum absolute atomic E-state index is 0.0926. The van der Waals surface area contributed by atoms with Crippen LogP contribution in [-0.2, 0) is 15.6 Å². The first-order chi connectivity index (χ1) is 26.3. The second-order valence-electron chi connectivity index (χ2n) is 16.3. The van der Waals surface area contributed by atoms with E-state index in [4.69, 9.17) is 17.0 Å². The van der Waals surface area contributed by atoms with Crippen LogP contribution in [0.1, 0.15) is 94.7 Å². The maximum atomic E-state index is 8.95. The number of hydrogen-bond donors (Lipinski definition) is 0. The molecule has 2 atom stereocenters. The van der Waals surface area contributed by atoms with Crippen LogP contribution in [0.5, 0.6) is 0 Å². The first kappa shape index (κ1) is 37.9. The van der Waals surface area contributed by atoms with Gasteiger partial charge in [-0.15, -0.1) is 0 Å². The van der Waals surface area contributed by atoms with Gasteiger partial charge < -0.3 is 0 Å². The van der Waals surface area contributed by atoms with E-state index in [-0.39, 0.29) is 7.25 Å². The maximum absolute atomic E-state index is 8.95. The van der Waals surface area contributed by atoms with Gasteiger partial charge in [0.05, 0.1) is 0 Å². The van der Waals surface area contributed by atoms with E-state index >= 15 is 0 Å². The number of rotatable bonds is 13. The molecular weight excluding hydrogens is 791 g/mol. The number of halogens is 2. The molecule has 0 saturated carbocycles. The van der Waals surface area contributed by atoms with Crippen LogP contribution in [0.2, 0.25) is 13.1 Å². The Balaban J connectivity index is 1.35. The van der Waals surface area contributed by atoms with E-state index in [9.17, 15) is 0 Å². The molecule has 0 N–H and O–H groups in total. The SMILES string of the molecule is CCCCCC1=Cc2c(-c3cccc4ccccc34)cccc2[CH]1[Zr]([Cl])([Cl])([CH]1C(CCCCC)=Cc2c(-c3cccc4ccccc34)cccc21)[SiH](C)C. The zero-order valence-corrected chi connectivity index (χ0v) is 37.5. The van der Waals surface area contributed by atoms with Crippen molar-refractivity contribution in [3.05, 3.63) is 155 Å². The number of fused-ring (bicyclic) bond motifs is 4. The van der Waals surface area contributed by atoms with Crippen LogP contribution in [0.3, 0.4) is 0 Å². The van der Waals surface area contributed by atoms with Gasteiger partial charge >= 0.3 is 335 Å². The molecule has 6 aromatic carbocycles. The molecule has 275 valence electrons. The summed E-state index contributed by atoms with van der Waals surface area (Å²) in [5, 5.41) is 5.14. The Labute approximate surface area is 332 Å². The quantitative estimate of drug-likeness (QED) is 0.0803. The van der Waals surface area contributed by atoms with Crippen LogP contribution in [0.25, 0.3) is 56.0 Å². The molecule has 4 heteroatoms. The molecule has 2 unspecified atom stereocenters. The van der Waals surface area contributed by atoms with Crippen molar-refractivity contribution in [2.45, 2.75) is 85.6 Å². The molecule has 0 amide bonds. The van der Waals surface area contributed by atoms with Gasteiger partial charge in [-0.3, -0.25) is 0 Å². The third kappa shape index (κ3) is 6.38. The van der Waals surface area contributed by atoms with Gasteiger partial charge in [-0.25, -0.2) is 0 Å². The van der Waals surface area contributed by atoms with Gasteiger partial charge in [-0.1, -0.05) is 0 Å². The van der Waals surface area contributed by atoms with Crippen molar-refractivity contribution in [1.82, 2.24) is 0 Å². The topological polar surface area (TPSA) is 0 Å². The Morgan fingerprint density at radius 3 is 1.30 bits per heavy atom. The number of allylic oxidation sites excluding steroid dienone is 2. The van der Waals surface area contributed by atoms with Crippen LogP contribution < -0.4 is 0 Å². The summed E-state index contributed by atoms with van der Waals surface area (Å²) in [4.78, 5) is 0. The van der Waals surface area contributed by atoms with Crippen molar-refractivity contribution < 1.29 is 15.6 Å². The molecule has 0 nitrogen and oxygen atoms in total. The Hall–Kier alpha value is -3.00. The summed E-state index contributed by atoms with van der Waals surface area (Å²) in [5.74, 6) is -1.70. The van der Waals surface area contributed by atoms with Gasteiger partial charge in [0.1, 0.15) is 0 Å². The summed E-state index contributed by atoms with van der Waals surface area (Å²) < 4.78 is 0.185. The molecule has 0 fully saturated rings. The van der Waals surface area contributed by atoms with Crippen molar-refractivity contribution in [2.75, 3.05) is 0 Å². The monoisotopic (exact) mass is 841 g/mol.